The monoisotopic (exact) mass is 224 g/mol. The number of benzene rings is 1. The highest BCUT2D eigenvalue weighted by molar-refractivity contribution is 5.94. The molecule has 0 aliphatic carbocycles. The minimum absolute atomic E-state index is 0.354. The second-order valence-electron chi connectivity index (χ2n) is 4.12. The molecule has 84 valence electrons. The third-order valence-electron chi connectivity index (χ3n) is 3.06. The van der Waals surface area contributed by atoms with Gasteiger partial charge in [-0.3, -0.25) is 4.79 Å². The number of hydrogen-bond acceptors (Lipinski definition) is 2. The summed E-state index contributed by atoms with van der Waals surface area (Å²) in [5, 5.41) is 0. The Hall–Kier alpha value is -2.29. The molecular weight excluding hydrogens is 212 g/mol. The van der Waals surface area contributed by atoms with Gasteiger partial charge in [0.25, 0.3) is 0 Å². The molecule has 0 unspecified atom stereocenters. The Morgan fingerprint density at radius 1 is 1.29 bits per heavy atom. The number of amides is 1. The van der Waals surface area contributed by atoms with E-state index in [1.54, 1.807) is 0 Å². The maximum atomic E-state index is 11.1. The lowest BCUT2D eigenvalue weighted by molar-refractivity contribution is -0.114. The zero-order valence-electron chi connectivity index (χ0n) is 9.26. The molecule has 0 saturated heterocycles. The van der Waals surface area contributed by atoms with Gasteiger partial charge < -0.3 is 10.6 Å². The Kier molecular flexibility index (Phi) is 2.11. The predicted octanol–water partition coefficient (Wildman–Crippen LogP) is 2.09. The van der Waals surface area contributed by atoms with Gasteiger partial charge in [-0.05, 0) is 18.1 Å². The van der Waals surface area contributed by atoms with Crippen LogP contribution in [0.4, 0.5) is 0 Å². The number of carbonyl (C=O) groups excluding carboxylic acids is 1. The van der Waals surface area contributed by atoms with Gasteiger partial charge in [0.05, 0.1) is 0 Å². The molecule has 2 heterocycles. The molecule has 0 radical (unpaired) electrons. The summed E-state index contributed by atoms with van der Waals surface area (Å²) in [5.74, 6) is -0.354. The van der Waals surface area contributed by atoms with Crippen LogP contribution in [0.5, 0.6) is 0 Å². The average molecular weight is 224 g/mol. The van der Waals surface area contributed by atoms with Gasteiger partial charge in [0.2, 0.25) is 5.91 Å². The molecule has 0 atom stereocenters. The molecule has 0 saturated carbocycles. The van der Waals surface area contributed by atoms with Crippen molar-refractivity contribution in [2.24, 2.45) is 5.73 Å². The van der Waals surface area contributed by atoms with Gasteiger partial charge in [0, 0.05) is 29.2 Å². The Morgan fingerprint density at radius 2 is 2.12 bits per heavy atom. The fourth-order valence-electron chi connectivity index (χ4n) is 2.17. The van der Waals surface area contributed by atoms with E-state index < -0.39 is 0 Å². The van der Waals surface area contributed by atoms with Crippen molar-refractivity contribution >= 4 is 17.7 Å². The second kappa shape index (κ2) is 3.63. The minimum atomic E-state index is -0.354. The zero-order chi connectivity index (χ0) is 11.8. The molecule has 0 fully saturated rings. The van der Waals surface area contributed by atoms with Crippen LogP contribution < -0.4 is 5.73 Å². The van der Waals surface area contributed by atoms with Gasteiger partial charge in [0.1, 0.15) is 0 Å². The Morgan fingerprint density at radius 3 is 2.94 bits per heavy atom. The summed E-state index contributed by atoms with van der Waals surface area (Å²) in [4.78, 5) is 13.1. The predicted molar refractivity (Wildman–Crippen MR) is 67.2 cm³/mol. The van der Waals surface area contributed by atoms with E-state index in [4.69, 9.17) is 5.73 Å². The van der Waals surface area contributed by atoms with Crippen LogP contribution in [0, 0.1) is 0 Å². The van der Waals surface area contributed by atoms with E-state index in [0.717, 1.165) is 5.70 Å². The standard InChI is InChI=1S/C14H12N2O/c15-14(17)11-5-6-13-12-4-2-1-3-10(12)7-8-16(13)9-11/h1-4,6-9H,5H2,(H2,15,17). The van der Waals surface area contributed by atoms with Crippen molar-refractivity contribution in [2.45, 2.75) is 6.42 Å². The Balaban J connectivity index is 2.06. The van der Waals surface area contributed by atoms with Crippen molar-refractivity contribution in [2.75, 3.05) is 0 Å². The second-order valence-corrected chi connectivity index (χ2v) is 4.12. The first-order valence-electron chi connectivity index (χ1n) is 5.52. The van der Waals surface area contributed by atoms with E-state index in [9.17, 15) is 4.79 Å². The van der Waals surface area contributed by atoms with Crippen LogP contribution in [0.15, 0.2) is 48.3 Å². The number of allylic oxidation sites excluding steroid dienone is 1. The highest BCUT2D eigenvalue weighted by Gasteiger charge is 2.20. The summed E-state index contributed by atoms with van der Waals surface area (Å²) in [6, 6.07) is 8.20. The average Bonchev–Trinajstić information content (AvgIpc) is 2.38. The molecule has 3 rings (SSSR count). The van der Waals surface area contributed by atoms with Crippen LogP contribution >= 0.6 is 0 Å². The largest absolute Gasteiger partial charge is 0.366 e. The van der Waals surface area contributed by atoms with Crippen molar-refractivity contribution in [3.05, 3.63) is 59.4 Å². The molecule has 2 aliphatic rings. The van der Waals surface area contributed by atoms with Crippen molar-refractivity contribution in [1.82, 2.24) is 4.90 Å². The number of nitrogens with two attached hydrogens (primary N) is 1. The molecule has 1 aromatic carbocycles. The highest BCUT2D eigenvalue weighted by atomic mass is 16.1. The molecule has 3 heteroatoms. The summed E-state index contributed by atoms with van der Waals surface area (Å²) >= 11 is 0. The number of carbonyl (C=O) groups is 1. The molecular formula is C14H12N2O. The van der Waals surface area contributed by atoms with Crippen molar-refractivity contribution in [3.8, 4) is 0 Å². The summed E-state index contributed by atoms with van der Waals surface area (Å²) < 4.78 is 0. The molecule has 2 N–H and O–H groups in total. The van der Waals surface area contributed by atoms with Gasteiger partial charge in [-0.2, -0.15) is 0 Å². The van der Waals surface area contributed by atoms with E-state index in [1.165, 1.54) is 11.1 Å². The zero-order valence-corrected chi connectivity index (χ0v) is 9.26. The first-order valence-corrected chi connectivity index (χ1v) is 5.52. The summed E-state index contributed by atoms with van der Waals surface area (Å²) in [5.41, 5.74) is 9.44. The van der Waals surface area contributed by atoms with Crippen LogP contribution in [-0.2, 0) is 4.79 Å². The lowest BCUT2D eigenvalue weighted by Crippen LogP contribution is -2.22. The lowest BCUT2D eigenvalue weighted by atomic mass is 9.97. The molecule has 0 spiro atoms. The Bertz CT molecular complexity index is 582. The lowest BCUT2D eigenvalue weighted by Gasteiger charge is -2.29. The topological polar surface area (TPSA) is 46.3 Å². The molecule has 1 amide bonds. The highest BCUT2D eigenvalue weighted by Crippen LogP contribution is 2.33. The fourth-order valence-corrected chi connectivity index (χ4v) is 2.17. The van der Waals surface area contributed by atoms with Crippen LogP contribution in [0.25, 0.3) is 11.8 Å². The molecule has 2 aliphatic heterocycles. The van der Waals surface area contributed by atoms with E-state index >= 15 is 0 Å². The van der Waals surface area contributed by atoms with Gasteiger partial charge in [-0.15, -0.1) is 0 Å². The quantitative estimate of drug-likeness (QED) is 0.794. The smallest absolute Gasteiger partial charge is 0.246 e. The van der Waals surface area contributed by atoms with Gasteiger partial charge in [-0.25, -0.2) is 0 Å². The number of fused-ring (bicyclic) bond motifs is 3. The van der Waals surface area contributed by atoms with E-state index in [1.807, 2.05) is 41.6 Å². The maximum absolute atomic E-state index is 11.1. The number of nitrogens with zero attached hydrogens (tertiary/aromatic N) is 1. The normalized spacial score (nSPS) is 16.8. The van der Waals surface area contributed by atoms with Gasteiger partial charge in [0.15, 0.2) is 0 Å². The number of rotatable bonds is 1. The molecule has 3 nitrogen and oxygen atoms in total. The number of primary amides is 1. The SMILES string of the molecule is NC(=O)C1=CN2C=Cc3ccccc3C2=CC1. The van der Waals surface area contributed by atoms with Crippen molar-refractivity contribution < 1.29 is 4.79 Å². The van der Waals surface area contributed by atoms with Crippen LogP contribution in [0.2, 0.25) is 0 Å². The van der Waals surface area contributed by atoms with E-state index in [0.29, 0.717) is 12.0 Å². The molecule has 1 aromatic rings. The summed E-state index contributed by atoms with van der Waals surface area (Å²) in [6.07, 6.45) is 8.44. The Labute approximate surface area is 99.5 Å². The van der Waals surface area contributed by atoms with E-state index in [2.05, 4.69) is 12.1 Å². The first kappa shape index (κ1) is 9.90. The third kappa shape index (κ3) is 1.56. The molecule has 0 bridgehead atoms. The maximum Gasteiger partial charge on any atom is 0.246 e. The van der Waals surface area contributed by atoms with Crippen LogP contribution in [-0.4, -0.2) is 10.8 Å². The van der Waals surface area contributed by atoms with Crippen LogP contribution in [0.3, 0.4) is 0 Å². The van der Waals surface area contributed by atoms with Gasteiger partial charge >= 0.3 is 0 Å². The van der Waals surface area contributed by atoms with E-state index in [-0.39, 0.29) is 5.91 Å². The van der Waals surface area contributed by atoms with Crippen molar-refractivity contribution in [3.63, 3.8) is 0 Å². The molecule has 17 heavy (non-hydrogen) atoms. The summed E-state index contributed by atoms with van der Waals surface area (Å²) in [6.45, 7) is 0. The van der Waals surface area contributed by atoms with Gasteiger partial charge in [-0.1, -0.05) is 30.3 Å². The minimum Gasteiger partial charge on any atom is -0.366 e. The fraction of sp³-hybridized carbons (Fsp3) is 0.0714. The number of hydrogen-bond donors (Lipinski definition) is 1. The van der Waals surface area contributed by atoms with Crippen molar-refractivity contribution in [1.29, 1.82) is 0 Å². The third-order valence-corrected chi connectivity index (χ3v) is 3.06. The molecule has 0 aromatic heterocycles. The summed E-state index contributed by atoms with van der Waals surface area (Å²) in [7, 11) is 0. The first-order chi connectivity index (χ1) is 8.25. The van der Waals surface area contributed by atoms with Crippen LogP contribution in [0.1, 0.15) is 17.5 Å².